The van der Waals surface area contributed by atoms with Crippen molar-refractivity contribution in [3.8, 4) is 0 Å². The Kier molecular flexibility index (Phi) is 3.03. The number of pyridine rings is 1. The summed E-state index contributed by atoms with van der Waals surface area (Å²) < 4.78 is 0. The number of aliphatic hydroxyl groups excluding tert-OH is 1. The van der Waals surface area contributed by atoms with Gasteiger partial charge in [0, 0.05) is 31.9 Å². The summed E-state index contributed by atoms with van der Waals surface area (Å²) in [5.74, 6) is 0. The van der Waals surface area contributed by atoms with E-state index in [4.69, 9.17) is 10.8 Å². The maximum Gasteiger partial charge on any atom is 0.0738 e. The number of nitrogens with two attached hydrogens (primary N) is 1. The van der Waals surface area contributed by atoms with Gasteiger partial charge in [-0.15, -0.1) is 0 Å². The van der Waals surface area contributed by atoms with Crippen molar-refractivity contribution in [1.29, 1.82) is 0 Å². The Morgan fingerprint density at radius 2 is 2.53 bits per heavy atom. The molecule has 5 nitrogen and oxygen atoms in total. The molecule has 1 aliphatic rings. The van der Waals surface area contributed by atoms with Crippen LogP contribution >= 0.6 is 0 Å². The number of aliphatic hydroxyl groups is 1. The van der Waals surface area contributed by atoms with Gasteiger partial charge >= 0.3 is 0 Å². The van der Waals surface area contributed by atoms with Crippen molar-refractivity contribution in [1.82, 2.24) is 10.3 Å². The molecule has 15 heavy (non-hydrogen) atoms. The molecule has 5 heteroatoms. The molecule has 1 aliphatic heterocycles. The van der Waals surface area contributed by atoms with E-state index >= 15 is 0 Å². The number of nitrogen functional groups attached to an aromatic ring is 1. The lowest BCUT2D eigenvalue weighted by Gasteiger charge is -2.34. The van der Waals surface area contributed by atoms with Crippen LogP contribution in [0.4, 0.5) is 11.4 Å². The Bertz CT molecular complexity index is 331. The first-order valence-electron chi connectivity index (χ1n) is 5.10. The molecule has 0 saturated carbocycles. The molecule has 0 amide bonds. The Morgan fingerprint density at radius 3 is 3.27 bits per heavy atom. The highest BCUT2D eigenvalue weighted by atomic mass is 16.3. The lowest BCUT2D eigenvalue weighted by molar-refractivity contribution is 0.236. The van der Waals surface area contributed by atoms with E-state index in [1.165, 1.54) is 0 Å². The van der Waals surface area contributed by atoms with E-state index in [2.05, 4.69) is 15.2 Å². The molecule has 0 aromatic carbocycles. The first-order chi connectivity index (χ1) is 7.31. The van der Waals surface area contributed by atoms with Gasteiger partial charge in [0.25, 0.3) is 0 Å². The summed E-state index contributed by atoms with van der Waals surface area (Å²) in [5, 5.41) is 12.3. The molecule has 0 radical (unpaired) electrons. The van der Waals surface area contributed by atoms with Crippen molar-refractivity contribution in [3.05, 3.63) is 18.5 Å². The van der Waals surface area contributed by atoms with Gasteiger partial charge in [0.15, 0.2) is 0 Å². The number of rotatable bonds is 2. The van der Waals surface area contributed by atoms with Crippen LogP contribution in [0.3, 0.4) is 0 Å². The predicted octanol–water partition coefficient (Wildman–Crippen LogP) is -0.566. The summed E-state index contributed by atoms with van der Waals surface area (Å²) in [6.07, 6.45) is 3.40. The Balaban J connectivity index is 2.13. The van der Waals surface area contributed by atoms with Crippen LogP contribution in [0.1, 0.15) is 0 Å². The predicted molar refractivity (Wildman–Crippen MR) is 59.7 cm³/mol. The zero-order valence-corrected chi connectivity index (χ0v) is 8.56. The summed E-state index contributed by atoms with van der Waals surface area (Å²) >= 11 is 0. The van der Waals surface area contributed by atoms with Gasteiger partial charge in [0.1, 0.15) is 0 Å². The molecule has 2 rings (SSSR count). The van der Waals surface area contributed by atoms with Gasteiger partial charge in [-0.25, -0.2) is 0 Å². The topological polar surface area (TPSA) is 74.4 Å². The van der Waals surface area contributed by atoms with Crippen LogP contribution in [0.25, 0.3) is 0 Å². The van der Waals surface area contributed by atoms with Crippen LogP contribution in [-0.2, 0) is 0 Å². The van der Waals surface area contributed by atoms with Crippen molar-refractivity contribution >= 4 is 11.4 Å². The van der Waals surface area contributed by atoms with Gasteiger partial charge in [-0.05, 0) is 6.07 Å². The summed E-state index contributed by atoms with van der Waals surface area (Å²) in [5.41, 5.74) is 7.55. The highest BCUT2D eigenvalue weighted by Crippen LogP contribution is 2.22. The van der Waals surface area contributed by atoms with Crippen LogP contribution in [0.15, 0.2) is 18.5 Å². The molecule has 0 bridgehead atoms. The number of nitrogens with zero attached hydrogens (tertiary/aromatic N) is 2. The number of hydrogen-bond acceptors (Lipinski definition) is 5. The number of aromatic nitrogens is 1. The molecule has 1 aromatic rings. The van der Waals surface area contributed by atoms with Crippen LogP contribution < -0.4 is 16.0 Å². The molecular formula is C10H16N4O. The minimum absolute atomic E-state index is 0.131. The smallest absolute Gasteiger partial charge is 0.0738 e. The van der Waals surface area contributed by atoms with Crippen LogP contribution in [0.5, 0.6) is 0 Å². The summed E-state index contributed by atoms with van der Waals surface area (Å²) in [4.78, 5) is 6.14. The monoisotopic (exact) mass is 208 g/mol. The second-order valence-electron chi connectivity index (χ2n) is 3.71. The molecule has 4 N–H and O–H groups in total. The molecule has 2 heterocycles. The highest BCUT2D eigenvalue weighted by Gasteiger charge is 2.19. The SMILES string of the molecule is Nc1cnccc1N1CCN[C@@H](CO)C1. The van der Waals surface area contributed by atoms with Gasteiger partial charge in [-0.1, -0.05) is 0 Å². The molecule has 1 aromatic heterocycles. The molecule has 0 spiro atoms. The number of anilines is 2. The van der Waals surface area contributed by atoms with Crippen molar-refractivity contribution in [2.45, 2.75) is 6.04 Å². The van der Waals surface area contributed by atoms with E-state index in [0.29, 0.717) is 5.69 Å². The van der Waals surface area contributed by atoms with Gasteiger partial charge in [-0.3, -0.25) is 4.98 Å². The van der Waals surface area contributed by atoms with Gasteiger partial charge in [0.2, 0.25) is 0 Å². The fourth-order valence-electron chi connectivity index (χ4n) is 1.85. The van der Waals surface area contributed by atoms with E-state index in [-0.39, 0.29) is 12.6 Å². The zero-order valence-electron chi connectivity index (χ0n) is 8.56. The quantitative estimate of drug-likeness (QED) is 0.607. The number of piperazine rings is 1. The first-order valence-corrected chi connectivity index (χ1v) is 5.10. The average Bonchev–Trinajstić information content (AvgIpc) is 2.30. The van der Waals surface area contributed by atoms with E-state index in [1.54, 1.807) is 12.4 Å². The Labute approximate surface area is 88.9 Å². The van der Waals surface area contributed by atoms with E-state index < -0.39 is 0 Å². The molecule has 1 atom stereocenters. The third-order valence-electron chi connectivity index (χ3n) is 2.64. The fraction of sp³-hybridized carbons (Fsp3) is 0.500. The molecular weight excluding hydrogens is 192 g/mol. The van der Waals surface area contributed by atoms with Crippen molar-refractivity contribution < 1.29 is 5.11 Å². The van der Waals surface area contributed by atoms with Crippen LogP contribution in [0.2, 0.25) is 0 Å². The van der Waals surface area contributed by atoms with Gasteiger partial charge in [-0.2, -0.15) is 0 Å². The third-order valence-corrected chi connectivity index (χ3v) is 2.64. The van der Waals surface area contributed by atoms with Crippen LogP contribution in [0, 0.1) is 0 Å². The zero-order chi connectivity index (χ0) is 10.7. The second kappa shape index (κ2) is 4.46. The van der Waals surface area contributed by atoms with Crippen molar-refractivity contribution in [3.63, 3.8) is 0 Å². The van der Waals surface area contributed by atoms with Gasteiger partial charge in [0.05, 0.1) is 24.2 Å². The van der Waals surface area contributed by atoms with Gasteiger partial charge < -0.3 is 21.1 Å². The maximum atomic E-state index is 9.09. The molecule has 1 fully saturated rings. The molecule has 82 valence electrons. The standard InChI is InChI=1S/C10H16N4O/c11-9-5-12-2-1-10(9)14-4-3-13-8(6-14)7-15/h1-2,5,8,13,15H,3-4,6-7,11H2/t8-/m1/s1. The Morgan fingerprint density at radius 1 is 1.67 bits per heavy atom. The van der Waals surface area contributed by atoms with Crippen LogP contribution in [-0.4, -0.2) is 42.4 Å². The Hall–Kier alpha value is -1.33. The minimum Gasteiger partial charge on any atom is -0.396 e. The maximum absolute atomic E-state index is 9.09. The average molecular weight is 208 g/mol. The van der Waals surface area contributed by atoms with Crippen molar-refractivity contribution in [2.75, 3.05) is 36.9 Å². The van der Waals surface area contributed by atoms with E-state index in [9.17, 15) is 0 Å². The summed E-state index contributed by atoms with van der Waals surface area (Å²) in [7, 11) is 0. The largest absolute Gasteiger partial charge is 0.396 e. The highest BCUT2D eigenvalue weighted by molar-refractivity contribution is 5.66. The molecule has 0 aliphatic carbocycles. The normalized spacial score (nSPS) is 21.7. The van der Waals surface area contributed by atoms with E-state index in [0.717, 1.165) is 25.3 Å². The number of hydrogen-bond donors (Lipinski definition) is 3. The third kappa shape index (κ3) is 2.19. The molecule has 0 unspecified atom stereocenters. The first kappa shape index (κ1) is 10.2. The molecule has 1 saturated heterocycles. The van der Waals surface area contributed by atoms with Crippen molar-refractivity contribution in [2.24, 2.45) is 0 Å². The lowest BCUT2D eigenvalue weighted by atomic mass is 10.2. The fourth-order valence-corrected chi connectivity index (χ4v) is 1.85. The minimum atomic E-state index is 0.131. The number of nitrogens with one attached hydrogen (secondary N) is 1. The summed E-state index contributed by atoms with van der Waals surface area (Å²) in [6, 6.07) is 2.04. The van der Waals surface area contributed by atoms with E-state index in [1.807, 2.05) is 6.07 Å². The lowest BCUT2D eigenvalue weighted by Crippen LogP contribution is -2.52. The second-order valence-corrected chi connectivity index (χ2v) is 3.71. The summed E-state index contributed by atoms with van der Waals surface area (Å²) in [6.45, 7) is 2.71.